The molecule has 1 heterocycles. The number of hydrogen-bond donors (Lipinski definition) is 1. The summed E-state index contributed by atoms with van der Waals surface area (Å²) < 4.78 is 0. The molecule has 0 aromatic carbocycles. The maximum atomic E-state index is 11.6. The predicted molar refractivity (Wildman–Crippen MR) is 54.0 cm³/mol. The smallest absolute Gasteiger partial charge is 0.230 e. The SMILES string of the molecule is CC(=O)CC(=O)N1CCNC(C)(C)C1. The summed E-state index contributed by atoms with van der Waals surface area (Å²) in [6.07, 6.45) is 0.0378. The van der Waals surface area contributed by atoms with Crippen LogP contribution in [0.25, 0.3) is 0 Å². The Labute approximate surface area is 84.7 Å². The molecule has 1 rings (SSSR count). The van der Waals surface area contributed by atoms with Crippen molar-refractivity contribution in [2.75, 3.05) is 19.6 Å². The molecule has 0 unspecified atom stereocenters. The van der Waals surface area contributed by atoms with Crippen molar-refractivity contribution in [3.05, 3.63) is 0 Å². The van der Waals surface area contributed by atoms with Crippen LogP contribution in [0.1, 0.15) is 27.2 Å². The molecule has 1 aliphatic rings. The van der Waals surface area contributed by atoms with Gasteiger partial charge in [-0.25, -0.2) is 0 Å². The number of amides is 1. The minimum absolute atomic E-state index is 0.0370. The lowest BCUT2D eigenvalue weighted by Gasteiger charge is -2.39. The van der Waals surface area contributed by atoms with Crippen LogP contribution in [0.15, 0.2) is 0 Å². The summed E-state index contributed by atoms with van der Waals surface area (Å²) >= 11 is 0. The first kappa shape index (κ1) is 11.2. The number of ketones is 1. The van der Waals surface area contributed by atoms with Crippen molar-refractivity contribution in [2.24, 2.45) is 0 Å². The van der Waals surface area contributed by atoms with Crippen LogP contribution < -0.4 is 5.32 Å². The average molecular weight is 198 g/mol. The lowest BCUT2D eigenvalue weighted by Crippen LogP contribution is -2.58. The van der Waals surface area contributed by atoms with Gasteiger partial charge in [-0.2, -0.15) is 0 Å². The van der Waals surface area contributed by atoms with Crippen LogP contribution in [0.5, 0.6) is 0 Å². The first-order chi connectivity index (χ1) is 6.41. The lowest BCUT2D eigenvalue weighted by atomic mass is 10.0. The molecule has 1 saturated heterocycles. The Bertz CT molecular complexity index is 249. The van der Waals surface area contributed by atoms with E-state index in [2.05, 4.69) is 19.2 Å². The van der Waals surface area contributed by atoms with Crippen LogP contribution in [-0.4, -0.2) is 41.8 Å². The van der Waals surface area contributed by atoms with Gasteiger partial charge in [0.05, 0.1) is 6.42 Å². The molecule has 1 amide bonds. The normalized spacial score (nSPS) is 20.6. The van der Waals surface area contributed by atoms with Crippen LogP contribution in [0.3, 0.4) is 0 Å². The second-order valence-electron chi connectivity index (χ2n) is 4.50. The summed E-state index contributed by atoms with van der Waals surface area (Å²) in [5, 5.41) is 3.32. The summed E-state index contributed by atoms with van der Waals surface area (Å²) in [6, 6.07) is 0. The molecular weight excluding hydrogens is 180 g/mol. The third-order valence-electron chi connectivity index (χ3n) is 2.32. The molecule has 1 N–H and O–H groups in total. The molecule has 0 aromatic rings. The molecule has 0 atom stereocenters. The molecule has 0 aliphatic carbocycles. The largest absolute Gasteiger partial charge is 0.339 e. The van der Waals surface area contributed by atoms with Gasteiger partial charge in [0.25, 0.3) is 0 Å². The summed E-state index contributed by atoms with van der Waals surface area (Å²) in [5.74, 6) is -0.113. The van der Waals surface area contributed by atoms with Gasteiger partial charge in [-0.3, -0.25) is 9.59 Å². The van der Waals surface area contributed by atoms with Crippen molar-refractivity contribution >= 4 is 11.7 Å². The molecule has 1 fully saturated rings. The number of nitrogens with zero attached hydrogens (tertiary/aromatic N) is 1. The monoisotopic (exact) mass is 198 g/mol. The van der Waals surface area contributed by atoms with E-state index in [0.717, 1.165) is 6.54 Å². The fourth-order valence-corrected chi connectivity index (χ4v) is 1.68. The zero-order valence-electron chi connectivity index (χ0n) is 9.09. The van der Waals surface area contributed by atoms with E-state index >= 15 is 0 Å². The molecular formula is C10H18N2O2. The third kappa shape index (κ3) is 3.10. The van der Waals surface area contributed by atoms with Crippen molar-refractivity contribution < 1.29 is 9.59 Å². The van der Waals surface area contributed by atoms with Gasteiger partial charge in [-0.05, 0) is 20.8 Å². The second kappa shape index (κ2) is 4.09. The quantitative estimate of drug-likeness (QED) is 0.644. The Kier molecular flexibility index (Phi) is 3.26. The van der Waals surface area contributed by atoms with E-state index in [0.29, 0.717) is 13.1 Å². The number of hydrogen-bond acceptors (Lipinski definition) is 3. The Hall–Kier alpha value is -0.900. The maximum Gasteiger partial charge on any atom is 0.230 e. The minimum Gasteiger partial charge on any atom is -0.339 e. The molecule has 0 radical (unpaired) electrons. The predicted octanol–water partition coefficient (Wildman–Crippen LogP) is 0.176. The van der Waals surface area contributed by atoms with Crippen molar-refractivity contribution in [3.8, 4) is 0 Å². The fourth-order valence-electron chi connectivity index (χ4n) is 1.68. The van der Waals surface area contributed by atoms with Gasteiger partial charge < -0.3 is 10.2 Å². The maximum absolute atomic E-state index is 11.6. The standard InChI is InChI=1S/C10H18N2O2/c1-8(13)6-9(14)12-5-4-11-10(2,3)7-12/h11H,4-7H2,1-3H3. The van der Waals surface area contributed by atoms with Crippen LogP contribution in [-0.2, 0) is 9.59 Å². The highest BCUT2D eigenvalue weighted by molar-refractivity contribution is 5.96. The van der Waals surface area contributed by atoms with Crippen molar-refractivity contribution in [2.45, 2.75) is 32.7 Å². The second-order valence-corrected chi connectivity index (χ2v) is 4.50. The van der Waals surface area contributed by atoms with E-state index in [1.54, 1.807) is 4.90 Å². The number of rotatable bonds is 2. The molecule has 4 nitrogen and oxygen atoms in total. The molecule has 1 aliphatic heterocycles. The molecule has 0 bridgehead atoms. The molecule has 14 heavy (non-hydrogen) atoms. The van der Waals surface area contributed by atoms with Crippen molar-refractivity contribution in [3.63, 3.8) is 0 Å². The molecule has 0 aromatic heterocycles. The van der Waals surface area contributed by atoms with Gasteiger partial charge in [0.2, 0.25) is 5.91 Å². The van der Waals surface area contributed by atoms with E-state index in [1.165, 1.54) is 6.92 Å². The zero-order valence-corrected chi connectivity index (χ0v) is 9.09. The molecule has 0 spiro atoms. The van der Waals surface area contributed by atoms with E-state index in [9.17, 15) is 9.59 Å². The highest BCUT2D eigenvalue weighted by atomic mass is 16.2. The number of carbonyl (C=O) groups is 2. The van der Waals surface area contributed by atoms with Gasteiger partial charge in [-0.1, -0.05) is 0 Å². The Morgan fingerprint density at radius 3 is 2.57 bits per heavy atom. The van der Waals surface area contributed by atoms with Crippen molar-refractivity contribution in [1.29, 1.82) is 0 Å². The van der Waals surface area contributed by atoms with Crippen molar-refractivity contribution in [1.82, 2.24) is 10.2 Å². The highest BCUT2D eigenvalue weighted by Crippen LogP contribution is 2.11. The van der Waals surface area contributed by atoms with E-state index in [-0.39, 0.29) is 23.7 Å². The van der Waals surface area contributed by atoms with Crippen LogP contribution in [0.4, 0.5) is 0 Å². The third-order valence-corrected chi connectivity index (χ3v) is 2.32. The van der Waals surface area contributed by atoms with Crippen LogP contribution >= 0.6 is 0 Å². The van der Waals surface area contributed by atoms with Gasteiger partial charge in [0.15, 0.2) is 0 Å². The molecule has 4 heteroatoms. The zero-order chi connectivity index (χ0) is 10.8. The summed E-state index contributed by atoms with van der Waals surface area (Å²) in [5.41, 5.74) is -0.0370. The summed E-state index contributed by atoms with van der Waals surface area (Å²) in [4.78, 5) is 24.1. The van der Waals surface area contributed by atoms with E-state index in [1.807, 2.05) is 0 Å². The van der Waals surface area contributed by atoms with Gasteiger partial charge in [0, 0.05) is 25.2 Å². The lowest BCUT2D eigenvalue weighted by molar-refractivity contribution is -0.136. The number of nitrogens with one attached hydrogen (secondary N) is 1. The van der Waals surface area contributed by atoms with E-state index < -0.39 is 0 Å². The van der Waals surface area contributed by atoms with Crippen LogP contribution in [0, 0.1) is 0 Å². The first-order valence-corrected chi connectivity index (χ1v) is 4.93. The number of Topliss-reactive ketones (excluding diaryl/α,β-unsaturated/α-hetero) is 1. The van der Waals surface area contributed by atoms with Gasteiger partial charge in [-0.15, -0.1) is 0 Å². The number of piperazine rings is 1. The highest BCUT2D eigenvalue weighted by Gasteiger charge is 2.28. The Balaban J connectivity index is 2.52. The number of carbonyl (C=O) groups excluding carboxylic acids is 2. The van der Waals surface area contributed by atoms with Gasteiger partial charge >= 0.3 is 0 Å². The Morgan fingerprint density at radius 1 is 1.43 bits per heavy atom. The summed E-state index contributed by atoms with van der Waals surface area (Å²) in [7, 11) is 0. The Morgan fingerprint density at radius 2 is 2.07 bits per heavy atom. The van der Waals surface area contributed by atoms with Crippen LogP contribution in [0.2, 0.25) is 0 Å². The van der Waals surface area contributed by atoms with Gasteiger partial charge in [0.1, 0.15) is 5.78 Å². The average Bonchev–Trinajstić information content (AvgIpc) is 2.01. The fraction of sp³-hybridized carbons (Fsp3) is 0.800. The molecule has 0 saturated carbocycles. The summed E-state index contributed by atoms with van der Waals surface area (Å²) in [6.45, 7) is 7.75. The topological polar surface area (TPSA) is 49.4 Å². The minimum atomic E-state index is -0.0636. The first-order valence-electron chi connectivity index (χ1n) is 4.93. The van der Waals surface area contributed by atoms with E-state index in [4.69, 9.17) is 0 Å². The molecule has 80 valence electrons.